The van der Waals surface area contributed by atoms with E-state index in [2.05, 4.69) is 48.0 Å². The number of halogens is 2. The molecule has 0 atom stereocenters. The number of benzene rings is 3. The van der Waals surface area contributed by atoms with Crippen molar-refractivity contribution in [3.8, 4) is 11.5 Å². The van der Waals surface area contributed by atoms with E-state index in [1.54, 1.807) is 36.4 Å². The van der Waals surface area contributed by atoms with Gasteiger partial charge in [-0.3, -0.25) is 25.8 Å². The second kappa shape index (κ2) is 12.5. The van der Waals surface area contributed by atoms with E-state index >= 15 is 0 Å². The van der Waals surface area contributed by atoms with Crippen LogP contribution in [-0.2, 0) is 6.42 Å². The van der Waals surface area contributed by atoms with Gasteiger partial charge in [-0.25, -0.2) is 0 Å². The first-order valence-corrected chi connectivity index (χ1v) is 12.1. The molecule has 0 aromatic heterocycles. The van der Waals surface area contributed by atoms with Gasteiger partial charge in [0.05, 0.1) is 23.8 Å². The Morgan fingerprint density at radius 3 is 2.35 bits per heavy atom. The highest BCUT2D eigenvalue weighted by Crippen LogP contribution is 2.25. The predicted molar refractivity (Wildman–Crippen MR) is 141 cm³/mol. The molecule has 3 aromatic rings. The molecule has 0 heterocycles. The van der Waals surface area contributed by atoms with Crippen molar-refractivity contribution in [3.05, 3.63) is 92.4 Å². The number of thiocarbonyl (C=S) groups is 1. The third-order valence-corrected chi connectivity index (χ3v) is 5.93. The summed E-state index contributed by atoms with van der Waals surface area (Å²) in [5, 5.41) is 2.48. The second-order valence-corrected chi connectivity index (χ2v) is 9.11. The Morgan fingerprint density at radius 1 is 0.912 bits per heavy atom. The summed E-state index contributed by atoms with van der Waals surface area (Å²) in [4.78, 5) is 25.2. The lowest BCUT2D eigenvalue weighted by Crippen LogP contribution is -2.48. The summed E-state index contributed by atoms with van der Waals surface area (Å²) in [5.41, 5.74) is 6.79. The molecule has 2 amide bonds. The van der Waals surface area contributed by atoms with Crippen molar-refractivity contribution in [2.45, 2.75) is 6.42 Å². The maximum absolute atomic E-state index is 12.8. The zero-order valence-electron chi connectivity index (χ0n) is 18.1. The van der Waals surface area contributed by atoms with E-state index in [1.807, 2.05) is 30.3 Å². The van der Waals surface area contributed by atoms with Gasteiger partial charge in [-0.05, 0) is 70.1 Å². The van der Waals surface area contributed by atoms with Gasteiger partial charge in [0.15, 0.2) is 5.11 Å². The molecule has 0 aliphatic heterocycles. The number of nitrogens with one attached hydrogen (secondary N) is 3. The van der Waals surface area contributed by atoms with Gasteiger partial charge in [-0.2, -0.15) is 0 Å². The van der Waals surface area contributed by atoms with Crippen LogP contribution >= 0.6 is 44.1 Å². The van der Waals surface area contributed by atoms with Crippen LogP contribution in [0.5, 0.6) is 11.5 Å². The minimum absolute atomic E-state index is 0.0684. The lowest BCUT2D eigenvalue weighted by molar-refractivity contribution is 0.0933. The lowest BCUT2D eigenvalue weighted by Gasteiger charge is -2.14. The Morgan fingerprint density at radius 2 is 1.65 bits per heavy atom. The van der Waals surface area contributed by atoms with Gasteiger partial charge in [0, 0.05) is 16.5 Å². The number of ether oxygens (including phenoxy) is 2. The van der Waals surface area contributed by atoms with Crippen molar-refractivity contribution in [1.82, 2.24) is 16.2 Å². The molecule has 3 rings (SSSR count). The molecule has 34 heavy (non-hydrogen) atoms. The quantitative estimate of drug-likeness (QED) is 0.265. The molecule has 0 aliphatic carbocycles. The Hall–Kier alpha value is -2.95. The average molecular weight is 607 g/mol. The van der Waals surface area contributed by atoms with Crippen LogP contribution in [0.2, 0.25) is 0 Å². The van der Waals surface area contributed by atoms with Gasteiger partial charge in [-0.15, -0.1) is 0 Å². The van der Waals surface area contributed by atoms with Crippen molar-refractivity contribution in [1.29, 1.82) is 0 Å². The van der Waals surface area contributed by atoms with Crippen LogP contribution < -0.4 is 25.6 Å². The number of hydrogen-bond acceptors (Lipinski definition) is 5. The Labute approximate surface area is 219 Å². The number of carbonyl (C=O) groups is 2. The molecule has 0 aliphatic rings. The summed E-state index contributed by atoms with van der Waals surface area (Å²) in [6.45, 7) is 0.405. The maximum atomic E-state index is 12.8. The molecule has 176 valence electrons. The summed E-state index contributed by atoms with van der Waals surface area (Å²) in [6, 6.07) is 19.9. The molecule has 3 aromatic carbocycles. The van der Waals surface area contributed by atoms with Crippen molar-refractivity contribution in [3.63, 3.8) is 0 Å². The van der Waals surface area contributed by atoms with Gasteiger partial charge in [-0.1, -0.05) is 46.3 Å². The van der Waals surface area contributed by atoms with Gasteiger partial charge >= 0.3 is 0 Å². The molecule has 0 bridgehead atoms. The first-order valence-electron chi connectivity index (χ1n) is 10.1. The van der Waals surface area contributed by atoms with E-state index in [9.17, 15) is 9.59 Å². The number of carbonyl (C=O) groups excluding carboxylic acids is 2. The minimum atomic E-state index is -0.477. The number of hydrazine groups is 1. The summed E-state index contributed by atoms with van der Waals surface area (Å²) in [5.74, 6) is 0.108. The molecular weight excluding hydrogens is 586 g/mol. The molecule has 0 spiro atoms. The molecular formula is C24H21Br2N3O4S. The molecule has 0 saturated carbocycles. The van der Waals surface area contributed by atoms with Crippen molar-refractivity contribution in [2.24, 2.45) is 0 Å². The topological polar surface area (TPSA) is 88.7 Å². The number of hydrogen-bond donors (Lipinski definition) is 3. The monoisotopic (exact) mass is 605 g/mol. The zero-order valence-corrected chi connectivity index (χ0v) is 22.1. The number of amides is 2. The van der Waals surface area contributed by atoms with Crippen LogP contribution in [0.1, 0.15) is 26.3 Å². The van der Waals surface area contributed by atoms with Crippen molar-refractivity contribution >= 4 is 61.0 Å². The average Bonchev–Trinajstić information content (AvgIpc) is 2.84. The summed E-state index contributed by atoms with van der Waals surface area (Å²) in [7, 11) is 1.54. The fourth-order valence-corrected chi connectivity index (χ4v) is 3.97. The fourth-order valence-electron chi connectivity index (χ4n) is 2.92. The standard InChI is InChI=1S/C24H21Br2N3O4S/c1-32-21-9-7-16(13-19(21)26)22(30)28-29-24(34)27-23(31)18-14-17(25)8-10-20(18)33-12-11-15-5-3-2-4-6-15/h2-10,13-14H,11-12H2,1H3,(H,28,30)(H2,27,29,31,34). The van der Waals surface area contributed by atoms with Crippen LogP contribution in [0, 0.1) is 0 Å². The van der Waals surface area contributed by atoms with E-state index in [0.717, 1.165) is 5.56 Å². The first-order chi connectivity index (χ1) is 16.4. The first kappa shape index (κ1) is 25.7. The molecule has 0 radical (unpaired) electrons. The highest BCUT2D eigenvalue weighted by Gasteiger charge is 2.16. The predicted octanol–water partition coefficient (Wildman–Crippen LogP) is 4.79. The van der Waals surface area contributed by atoms with Crippen molar-refractivity contribution < 1.29 is 19.1 Å². The van der Waals surface area contributed by atoms with Gasteiger partial charge in [0.2, 0.25) is 0 Å². The van der Waals surface area contributed by atoms with Crippen LogP contribution in [0.4, 0.5) is 0 Å². The van der Waals surface area contributed by atoms with Gasteiger partial charge in [0.25, 0.3) is 11.8 Å². The summed E-state index contributed by atoms with van der Waals surface area (Å²) in [6.07, 6.45) is 0.700. The second-order valence-electron chi connectivity index (χ2n) is 6.94. The third kappa shape index (κ3) is 7.28. The minimum Gasteiger partial charge on any atom is -0.496 e. The number of rotatable bonds is 7. The fraction of sp³-hybridized carbons (Fsp3) is 0.125. The largest absolute Gasteiger partial charge is 0.496 e. The Bertz CT molecular complexity index is 1190. The highest BCUT2D eigenvalue weighted by molar-refractivity contribution is 9.10. The van der Waals surface area contributed by atoms with Gasteiger partial charge in [0.1, 0.15) is 11.5 Å². The van der Waals surface area contributed by atoms with E-state index in [1.165, 1.54) is 7.11 Å². The Kier molecular flexibility index (Phi) is 9.43. The van der Waals surface area contributed by atoms with E-state index < -0.39 is 11.8 Å². The summed E-state index contributed by atoms with van der Waals surface area (Å²) >= 11 is 11.9. The molecule has 3 N–H and O–H groups in total. The lowest BCUT2D eigenvalue weighted by atomic mass is 10.1. The van der Waals surface area contributed by atoms with Crippen LogP contribution in [0.25, 0.3) is 0 Å². The normalized spacial score (nSPS) is 10.2. The van der Waals surface area contributed by atoms with Crippen LogP contribution in [0.3, 0.4) is 0 Å². The van der Waals surface area contributed by atoms with Gasteiger partial charge < -0.3 is 9.47 Å². The molecule has 0 unspecified atom stereocenters. The summed E-state index contributed by atoms with van der Waals surface area (Å²) < 4.78 is 12.4. The maximum Gasteiger partial charge on any atom is 0.269 e. The molecule has 0 saturated heterocycles. The molecule has 10 heteroatoms. The Balaban J connectivity index is 1.56. The van der Waals surface area contributed by atoms with E-state index in [-0.39, 0.29) is 5.11 Å². The molecule has 7 nitrogen and oxygen atoms in total. The zero-order chi connectivity index (χ0) is 24.5. The number of methoxy groups -OCH3 is 1. The smallest absolute Gasteiger partial charge is 0.269 e. The van der Waals surface area contributed by atoms with Crippen LogP contribution in [0.15, 0.2) is 75.7 Å². The third-order valence-electron chi connectivity index (χ3n) is 4.61. The SMILES string of the molecule is COc1ccc(C(=O)NNC(=S)NC(=O)c2cc(Br)ccc2OCCc2ccccc2)cc1Br. The molecule has 0 fully saturated rings. The highest BCUT2D eigenvalue weighted by atomic mass is 79.9. The van der Waals surface area contributed by atoms with E-state index in [4.69, 9.17) is 21.7 Å². The van der Waals surface area contributed by atoms with E-state index in [0.29, 0.717) is 44.6 Å². The van der Waals surface area contributed by atoms with Crippen molar-refractivity contribution in [2.75, 3.05) is 13.7 Å². The van der Waals surface area contributed by atoms with Crippen LogP contribution in [-0.4, -0.2) is 30.6 Å².